The summed E-state index contributed by atoms with van der Waals surface area (Å²) < 4.78 is 2.39. The van der Waals surface area contributed by atoms with Crippen molar-refractivity contribution in [1.82, 2.24) is 0 Å². The van der Waals surface area contributed by atoms with Crippen molar-refractivity contribution in [2.45, 2.75) is 45.4 Å². The molecule has 0 atom stereocenters. The topological polar surface area (TPSA) is 0 Å². The van der Waals surface area contributed by atoms with Crippen LogP contribution in [0.2, 0.25) is 0 Å². The summed E-state index contributed by atoms with van der Waals surface area (Å²) in [6.45, 7) is 11.7. The molecule has 0 fully saturated rings. The Kier molecular flexibility index (Phi) is 31.7. The van der Waals surface area contributed by atoms with Gasteiger partial charge in [-0.2, -0.15) is 78.2 Å². The van der Waals surface area contributed by atoms with Crippen LogP contribution < -0.4 is 56.6 Å². The predicted octanol–water partition coefficient (Wildman–Crippen LogP) is 1.50. The van der Waals surface area contributed by atoms with Crippen LogP contribution in [0.15, 0.2) is 119 Å². The van der Waals surface area contributed by atoms with Gasteiger partial charge in [0.25, 0.3) is 0 Å². The molecule has 4 aromatic carbocycles. The summed E-state index contributed by atoms with van der Waals surface area (Å²) in [6, 6.07) is 39.5. The van der Waals surface area contributed by atoms with Gasteiger partial charge in [0.05, 0.1) is 0 Å². The van der Waals surface area contributed by atoms with Crippen molar-refractivity contribution in [1.29, 1.82) is 0 Å². The van der Waals surface area contributed by atoms with Crippen LogP contribution in [0, 0.1) is 19.1 Å². The number of hydrogen-bond donors (Lipinski definition) is 0. The number of hydrogen-bond acceptors (Lipinski definition) is 0. The van der Waals surface area contributed by atoms with Crippen LogP contribution >= 0.6 is 31.9 Å². The van der Waals surface area contributed by atoms with Crippen LogP contribution in [0.5, 0.6) is 0 Å². The van der Waals surface area contributed by atoms with E-state index in [1.54, 1.807) is 0 Å². The maximum Gasteiger partial charge on any atom is 1.00 e. The van der Waals surface area contributed by atoms with Crippen molar-refractivity contribution in [2.75, 3.05) is 0 Å². The summed E-state index contributed by atoms with van der Waals surface area (Å²) in [5.74, 6) is 0. The molecule has 0 bridgehead atoms. The fourth-order valence-corrected chi connectivity index (χ4v) is 4.08. The van der Waals surface area contributed by atoms with Crippen molar-refractivity contribution >= 4 is 31.9 Å². The minimum Gasteiger partial charge on any atom is -0.343 e. The molecule has 4 rings (SSSR count). The van der Waals surface area contributed by atoms with Gasteiger partial charge in [0.2, 0.25) is 0 Å². The van der Waals surface area contributed by atoms with Gasteiger partial charge < -0.3 is 6.92 Å². The third-order valence-electron chi connectivity index (χ3n) is 5.14. The molecule has 0 nitrogen and oxygen atoms in total. The quantitative estimate of drug-likeness (QED) is 0.166. The van der Waals surface area contributed by atoms with Crippen LogP contribution in [0.4, 0.5) is 0 Å². The summed E-state index contributed by atoms with van der Waals surface area (Å²) in [4.78, 5) is 0. The van der Waals surface area contributed by atoms with Crippen LogP contribution in [0.25, 0.3) is 0 Å². The smallest absolute Gasteiger partial charge is 0.343 e. The minimum atomic E-state index is 0. The Labute approximate surface area is 291 Å². The van der Waals surface area contributed by atoms with Gasteiger partial charge in [-0.1, -0.05) is 81.6 Å². The van der Waals surface area contributed by atoms with Crippen molar-refractivity contribution in [2.24, 2.45) is 0 Å². The van der Waals surface area contributed by atoms with Gasteiger partial charge >= 0.3 is 56.6 Å². The zero-order valence-corrected chi connectivity index (χ0v) is 27.5. The van der Waals surface area contributed by atoms with Crippen LogP contribution in [-0.4, -0.2) is 0 Å². The van der Waals surface area contributed by atoms with E-state index < -0.39 is 0 Å². The van der Waals surface area contributed by atoms with Gasteiger partial charge in [0, 0.05) is 8.95 Å². The summed E-state index contributed by atoms with van der Waals surface area (Å²) >= 11 is 7.15. The molecule has 0 amide bonds. The summed E-state index contributed by atoms with van der Waals surface area (Å²) in [7, 11) is 0. The molecule has 0 aliphatic heterocycles. The standard InChI is InChI=1S/C14H12Br2.C14H12.C4H9.C2H4.3Li/c15-13-7-3-1-5-11(13)9-10-12-6-2-4-8-14(12)16;1-3-7-13(8-4-1)11-12-14-9-5-2-6-10-14;1-3-4-2;1-2;;;/h1-8H,9-10H2;1-7,9H,11-12H2;1,3-4H2,2H3;1-2H2;;;/q;-2;-1;;3*+1. The SMILES string of the molecule is Brc1ccccc1CCc1ccccc1Br.C=C.[CH2-]CCC.[Li+].[Li+].[Li+].[c-]1ccccc1CCc1[c-]cccc1. The molecule has 0 radical (unpaired) electrons. The van der Waals surface area contributed by atoms with Crippen LogP contribution in [0.1, 0.15) is 42.0 Å². The first kappa shape index (κ1) is 42.8. The Morgan fingerprint density at radius 3 is 1.21 bits per heavy atom. The van der Waals surface area contributed by atoms with E-state index in [2.05, 4.69) is 132 Å². The van der Waals surface area contributed by atoms with E-state index in [1.807, 2.05) is 36.4 Å². The second-order valence-electron chi connectivity index (χ2n) is 7.81. The molecule has 0 aromatic heterocycles. The van der Waals surface area contributed by atoms with E-state index in [0.29, 0.717) is 0 Å². The summed E-state index contributed by atoms with van der Waals surface area (Å²) in [5.41, 5.74) is 5.26. The number of benzene rings is 4. The van der Waals surface area contributed by atoms with Crippen molar-refractivity contribution in [3.63, 3.8) is 0 Å². The molecule has 0 spiro atoms. The molecule has 4 aromatic rings. The van der Waals surface area contributed by atoms with Gasteiger partial charge in [0.15, 0.2) is 0 Å². The van der Waals surface area contributed by atoms with E-state index in [0.717, 1.165) is 32.1 Å². The Morgan fingerprint density at radius 2 is 0.923 bits per heavy atom. The maximum absolute atomic E-state index is 3.60. The predicted molar refractivity (Wildman–Crippen MR) is 165 cm³/mol. The third kappa shape index (κ3) is 20.0. The minimum absolute atomic E-state index is 0. The van der Waals surface area contributed by atoms with Crippen molar-refractivity contribution in [3.8, 4) is 0 Å². The Morgan fingerprint density at radius 1 is 0.590 bits per heavy atom. The van der Waals surface area contributed by atoms with E-state index in [9.17, 15) is 0 Å². The first-order valence-electron chi connectivity index (χ1n) is 12.3. The molecular weight excluding hydrogens is 589 g/mol. The largest absolute Gasteiger partial charge is 1.00 e. The summed E-state index contributed by atoms with van der Waals surface area (Å²) in [5, 5.41) is 0. The Bertz CT molecular complexity index is 987. The van der Waals surface area contributed by atoms with Gasteiger partial charge in [-0.25, -0.2) is 0 Å². The number of unbranched alkanes of at least 4 members (excludes halogenated alkanes) is 1. The molecule has 5 heteroatoms. The average Bonchev–Trinajstić information content (AvgIpc) is 2.95. The molecule has 0 heterocycles. The number of halogens is 2. The van der Waals surface area contributed by atoms with E-state index >= 15 is 0 Å². The molecule has 0 aliphatic rings. The molecule has 39 heavy (non-hydrogen) atoms. The second-order valence-corrected chi connectivity index (χ2v) is 9.52. The van der Waals surface area contributed by atoms with Gasteiger partial charge in [0.1, 0.15) is 0 Å². The molecule has 0 N–H and O–H groups in total. The number of aryl methyl sites for hydroxylation is 4. The molecule has 0 unspecified atom stereocenters. The van der Waals surface area contributed by atoms with Gasteiger partial charge in [-0.3, -0.25) is 0 Å². The molecular formula is C34H37Br2Li3. The zero-order valence-electron chi connectivity index (χ0n) is 24.4. The molecule has 0 aliphatic carbocycles. The summed E-state index contributed by atoms with van der Waals surface area (Å²) in [6.07, 6.45) is 6.48. The van der Waals surface area contributed by atoms with Crippen LogP contribution in [-0.2, 0) is 25.7 Å². The zero-order chi connectivity index (χ0) is 26.4. The molecule has 0 saturated carbocycles. The third-order valence-corrected chi connectivity index (χ3v) is 6.69. The van der Waals surface area contributed by atoms with E-state index in [4.69, 9.17) is 0 Å². The van der Waals surface area contributed by atoms with Gasteiger partial charge in [-0.05, 0) is 48.9 Å². The average molecular weight is 626 g/mol. The first-order valence-corrected chi connectivity index (χ1v) is 13.9. The van der Waals surface area contributed by atoms with Crippen LogP contribution in [0.3, 0.4) is 0 Å². The normalized spacial score (nSPS) is 8.72. The monoisotopic (exact) mass is 624 g/mol. The van der Waals surface area contributed by atoms with Crippen molar-refractivity contribution < 1.29 is 56.6 Å². The van der Waals surface area contributed by atoms with E-state index in [-0.39, 0.29) is 56.6 Å². The van der Waals surface area contributed by atoms with Crippen molar-refractivity contribution in [3.05, 3.63) is 160 Å². The fraction of sp³-hybridized carbons (Fsp3) is 0.206. The van der Waals surface area contributed by atoms with E-state index in [1.165, 1.54) is 37.6 Å². The Hall–Kier alpha value is -0.628. The fourth-order valence-electron chi connectivity index (χ4n) is 3.11. The maximum atomic E-state index is 3.60. The second kappa shape index (κ2) is 28.9. The Balaban J connectivity index is -0.000000523. The molecule has 190 valence electrons. The number of rotatable bonds is 7. The first-order chi connectivity index (χ1) is 17.6. The molecule has 0 saturated heterocycles. The van der Waals surface area contributed by atoms with Gasteiger partial charge in [-0.15, -0.1) is 13.2 Å².